The molecule has 1 aromatic carbocycles. The van der Waals surface area contributed by atoms with Crippen LogP contribution < -0.4 is 10.2 Å². The summed E-state index contributed by atoms with van der Waals surface area (Å²) in [5, 5.41) is 3.49. The Bertz CT molecular complexity index is 805. The summed E-state index contributed by atoms with van der Waals surface area (Å²) < 4.78 is 2.33. The summed E-state index contributed by atoms with van der Waals surface area (Å²) in [6.07, 6.45) is 5.96. The Balaban J connectivity index is 1.52. The van der Waals surface area contributed by atoms with Gasteiger partial charge in [0.05, 0.1) is 49.5 Å². The molecule has 1 fully saturated rings. The third-order valence-corrected chi connectivity index (χ3v) is 5.06. The lowest BCUT2D eigenvalue weighted by atomic mass is 10.1. The summed E-state index contributed by atoms with van der Waals surface area (Å²) in [5.41, 5.74) is 3.30. The van der Waals surface area contributed by atoms with Gasteiger partial charge in [-0.3, -0.25) is 4.98 Å². The second kappa shape index (κ2) is 7.66. The van der Waals surface area contributed by atoms with Gasteiger partial charge in [-0.05, 0) is 43.5 Å². The molecule has 3 aromatic rings. The Labute approximate surface area is 148 Å². The molecule has 1 aliphatic heterocycles. The number of anilines is 1. The van der Waals surface area contributed by atoms with Gasteiger partial charge in [-0.1, -0.05) is 18.2 Å². The zero-order valence-corrected chi connectivity index (χ0v) is 14.6. The van der Waals surface area contributed by atoms with Gasteiger partial charge in [0.15, 0.2) is 0 Å². The molecule has 3 heterocycles. The quantitative estimate of drug-likeness (QED) is 0.725. The van der Waals surface area contributed by atoms with E-state index in [-0.39, 0.29) is 0 Å². The Morgan fingerprint density at radius 2 is 1.84 bits per heavy atom. The van der Waals surface area contributed by atoms with Crippen molar-refractivity contribution in [1.82, 2.24) is 14.5 Å². The highest BCUT2D eigenvalue weighted by molar-refractivity contribution is 5.78. The van der Waals surface area contributed by atoms with Crippen molar-refractivity contribution in [2.24, 2.45) is 0 Å². The van der Waals surface area contributed by atoms with Crippen molar-refractivity contribution >= 4 is 17.0 Å². The van der Waals surface area contributed by atoms with Crippen molar-refractivity contribution in [3.05, 3.63) is 54.4 Å². The van der Waals surface area contributed by atoms with Crippen LogP contribution in [-0.2, 0) is 13.1 Å². The molecule has 0 amide bonds. The summed E-state index contributed by atoms with van der Waals surface area (Å²) in [7, 11) is 0. The Morgan fingerprint density at radius 3 is 2.68 bits per heavy atom. The minimum absolute atomic E-state index is 0.695. The molecular formula is C20H26N5+. The van der Waals surface area contributed by atoms with Gasteiger partial charge in [0.2, 0.25) is 5.95 Å². The number of likely N-dealkylation sites (tertiary alicyclic amines) is 1. The largest absolute Gasteiger partial charge is 0.350 e. The van der Waals surface area contributed by atoms with E-state index in [1.54, 1.807) is 4.90 Å². The number of nitrogens with one attached hydrogen (secondary N) is 2. The number of quaternary nitrogens is 1. The number of rotatable bonds is 6. The van der Waals surface area contributed by atoms with E-state index in [9.17, 15) is 0 Å². The predicted molar refractivity (Wildman–Crippen MR) is 101 cm³/mol. The van der Waals surface area contributed by atoms with Crippen LogP contribution in [-0.4, -0.2) is 34.2 Å². The fourth-order valence-corrected chi connectivity index (χ4v) is 3.68. The average Bonchev–Trinajstić information content (AvgIpc) is 3.04. The van der Waals surface area contributed by atoms with Gasteiger partial charge in [0.25, 0.3) is 0 Å². The van der Waals surface area contributed by atoms with Gasteiger partial charge < -0.3 is 14.8 Å². The molecule has 5 heteroatoms. The molecular weight excluding hydrogens is 310 g/mol. The Hall–Kier alpha value is -2.40. The van der Waals surface area contributed by atoms with E-state index >= 15 is 0 Å². The fourth-order valence-electron chi connectivity index (χ4n) is 3.68. The number of imidazole rings is 1. The zero-order valence-electron chi connectivity index (χ0n) is 14.6. The standard InChI is InChI=1S/C20H25N5/c1-6-12-24(13-7-1)14-15-25-19-10-3-2-9-18(19)23-20(25)22-16-17-8-4-5-11-21-17/h2-5,8-11H,1,6-7,12-16H2,(H,22,23)/p+1. The lowest BCUT2D eigenvalue weighted by Crippen LogP contribution is -3.13. The van der Waals surface area contributed by atoms with E-state index in [1.165, 1.54) is 44.4 Å². The first-order chi connectivity index (χ1) is 12.4. The molecule has 130 valence electrons. The van der Waals surface area contributed by atoms with E-state index in [2.05, 4.69) is 39.1 Å². The number of nitrogens with zero attached hydrogens (tertiary/aromatic N) is 3. The summed E-state index contributed by atoms with van der Waals surface area (Å²) in [6, 6.07) is 14.4. The summed E-state index contributed by atoms with van der Waals surface area (Å²) in [5.74, 6) is 0.947. The highest BCUT2D eigenvalue weighted by Gasteiger charge is 2.16. The number of aromatic nitrogens is 3. The van der Waals surface area contributed by atoms with Crippen molar-refractivity contribution in [3.8, 4) is 0 Å². The number of benzene rings is 1. The van der Waals surface area contributed by atoms with Crippen molar-refractivity contribution in [3.63, 3.8) is 0 Å². The highest BCUT2D eigenvalue weighted by atomic mass is 15.2. The molecule has 0 aliphatic carbocycles. The van der Waals surface area contributed by atoms with Crippen LogP contribution in [0.2, 0.25) is 0 Å². The van der Waals surface area contributed by atoms with Crippen LogP contribution in [0.5, 0.6) is 0 Å². The third kappa shape index (κ3) is 3.82. The molecule has 0 bridgehead atoms. The van der Waals surface area contributed by atoms with Gasteiger partial charge >= 0.3 is 0 Å². The Morgan fingerprint density at radius 1 is 1.00 bits per heavy atom. The minimum atomic E-state index is 0.695. The third-order valence-electron chi connectivity index (χ3n) is 5.06. The molecule has 5 nitrogen and oxygen atoms in total. The van der Waals surface area contributed by atoms with E-state index in [4.69, 9.17) is 4.98 Å². The first-order valence-electron chi connectivity index (χ1n) is 9.33. The van der Waals surface area contributed by atoms with E-state index in [1.807, 2.05) is 24.4 Å². The molecule has 25 heavy (non-hydrogen) atoms. The maximum Gasteiger partial charge on any atom is 0.204 e. The number of pyridine rings is 1. The molecule has 1 aliphatic rings. The second-order valence-corrected chi connectivity index (χ2v) is 6.81. The minimum Gasteiger partial charge on any atom is -0.350 e. The average molecular weight is 336 g/mol. The van der Waals surface area contributed by atoms with Crippen LogP contribution in [0, 0.1) is 0 Å². The summed E-state index contributed by atoms with van der Waals surface area (Å²) in [4.78, 5) is 10.9. The molecule has 1 saturated heterocycles. The van der Waals surface area contributed by atoms with Gasteiger partial charge in [-0.15, -0.1) is 0 Å². The van der Waals surface area contributed by atoms with E-state index in [0.717, 1.165) is 23.7 Å². The van der Waals surface area contributed by atoms with Crippen LogP contribution in [0.3, 0.4) is 0 Å². The van der Waals surface area contributed by atoms with E-state index < -0.39 is 0 Å². The monoisotopic (exact) mass is 336 g/mol. The van der Waals surface area contributed by atoms with Crippen molar-refractivity contribution < 1.29 is 4.90 Å². The van der Waals surface area contributed by atoms with Gasteiger partial charge in [-0.2, -0.15) is 0 Å². The highest BCUT2D eigenvalue weighted by Crippen LogP contribution is 2.19. The van der Waals surface area contributed by atoms with Crippen LogP contribution in [0.4, 0.5) is 5.95 Å². The SMILES string of the molecule is c1ccc(CNc2nc3ccccc3n2CC[NH+]2CCCCC2)nc1. The maximum atomic E-state index is 4.81. The van der Waals surface area contributed by atoms with Crippen molar-refractivity contribution in [2.45, 2.75) is 32.4 Å². The van der Waals surface area contributed by atoms with Crippen LogP contribution in [0.1, 0.15) is 25.0 Å². The number of hydrogen-bond acceptors (Lipinski definition) is 3. The topological polar surface area (TPSA) is 47.2 Å². The number of piperidine rings is 1. The van der Waals surface area contributed by atoms with Crippen LogP contribution >= 0.6 is 0 Å². The number of fused-ring (bicyclic) bond motifs is 1. The number of para-hydroxylation sites is 2. The van der Waals surface area contributed by atoms with Crippen molar-refractivity contribution in [1.29, 1.82) is 0 Å². The molecule has 2 aromatic heterocycles. The smallest absolute Gasteiger partial charge is 0.204 e. The molecule has 0 unspecified atom stereocenters. The summed E-state index contributed by atoms with van der Waals surface area (Å²) >= 11 is 0. The zero-order chi connectivity index (χ0) is 16.9. The molecule has 4 rings (SSSR count). The molecule has 2 N–H and O–H groups in total. The second-order valence-electron chi connectivity index (χ2n) is 6.81. The number of hydrogen-bond donors (Lipinski definition) is 2. The molecule has 0 spiro atoms. The lowest BCUT2D eigenvalue weighted by molar-refractivity contribution is -0.905. The van der Waals surface area contributed by atoms with Gasteiger partial charge in [0.1, 0.15) is 0 Å². The van der Waals surface area contributed by atoms with Crippen LogP contribution in [0.15, 0.2) is 48.7 Å². The molecule has 0 saturated carbocycles. The van der Waals surface area contributed by atoms with Gasteiger partial charge in [-0.25, -0.2) is 4.98 Å². The molecule has 0 atom stereocenters. The first-order valence-corrected chi connectivity index (χ1v) is 9.33. The van der Waals surface area contributed by atoms with Crippen molar-refractivity contribution in [2.75, 3.05) is 25.0 Å². The predicted octanol–water partition coefficient (Wildman–Crippen LogP) is 2.11. The molecule has 0 radical (unpaired) electrons. The fraction of sp³-hybridized carbons (Fsp3) is 0.400. The van der Waals surface area contributed by atoms with Crippen LogP contribution in [0.25, 0.3) is 11.0 Å². The normalized spacial score (nSPS) is 15.5. The summed E-state index contributed by atoms with van der Waals surface area (Å²) in [6.45, 7) is 5.48. The lowest BCUT2D eigenvalue weighted by Gasteiger charge is -2.24. The first kappa shape index (κ1) is 16.1. The van der Waals surface area contributed by atoms with Gasteiger partial charge in [0, 0.05) is 6.20 Å². The van der Waals surface area contributed by atoms with E-state index in [0.29, 0.717) is 6.54 Å². The maximum absolute atomic E-state index is 4.81. The Kier molecular flexibility index (Phi) is 4.93.